The van der Waals surface area contributed by atoms with E-state index >= 15 is 4.39 Å². The van der Waals surface area contributed by atoms with Gasteiger partial charge in [-0.1, -0.05) is 25.4 Å². The summed E-state index contributed by atoms with van der Waals surface area (Å²) in [6, 6.07) is 4.18. The van der Waals surface area contributed by atoms with Gasteiger partial charge in [-0.25, -0.2) is 23.1 Å². The van der Waals surface area contributed by atoms with E-state index in [0.29, 0.717) is 13.1 Å². The molecule has 1 aliphatic heterocycles. The first-order valence-electron chi connectivity index (χ1n) is 14.3. The minimum absolute atomic E-state index is 0.0240. The van der Waals surface area contributed by atoms with Crippen LogP contribution in [0.4, 0.5) is 14.6 Å². The molecule has 0 bridgehead atoms. The van der Waals surface area contributed by atoms with Crippen molar-refractivity contribution >= 4 is 59.8 Å². The van der Waals surface area contributed by atoms with Gasteiger partial charge in [0, 0.05) is 48.2 Å². The van der Waals surface area contributed by atoms with Gasteiger partial charge in [0.05, 0.1) is 27.4 Å². The van der Waals surface area contributed by atoms with Crippen LogP contribution in [0, 0.1) is 11.6 Å². The molecule has 5 rings (SSSR count). The molecule has 0 saturated carbocycles. The zero-order valence-electron chi connectivity index (χ0n) is 25.4. The maximum Gasteiger partial charge on any atom is 0.356 e. The smallest absolute Gasteiger partial charge is 0.356 e. The number of aliphatic hydroxyl groups is 1. The van der Waals surface area contributed by atoms with E-state index in [1.165, 1.54) is 18.3 Å². The summed E-state index contributed by atoms with van der Waals surface area (Å²) in [6.45, 7) is 8.50. The van der Waals surface area contributed by atoms with E-state index in [1.54, 1.807) is 13.8 Å². The van der Waals surface area contributed by atoms with Crippen molar-refractivity contribution in [2.24, 2.45) is 0 Å². The molecule has 1 fully saturated rings. The van der Waals surface area contributed by atoms with E-state index in [4.69, 9.17) is 47.7 Å². The van der Waals surface area contributed by atoms with E-state index in [1.807, 2.05) is 18.7 Å². The topological polar surface area (TPSA) is 126 Å². The molecule has 0 aliphatic carbocycles. The number of aromatic nitrogens is 4. The highest BCUT2D eigenvalue weighted by atomic mass is 35.5. The second kappa shape index (κ2) is 12.2. The molecule has 3 aromatic heterocycles. The van der Waals surface area contributed by atoms with Gasteiger partial charge < -0.3 is 25.2 Å². The number of pyridine rings is 2. The number of rotatable bonds is 7. The summed E-state index contributed by atoms with van der Waals surface area (Å²) in [5.74, 6) is -3.51. The number of benzene rings is 1. The molecule has 2 atom stereocenters. The van der Waals surface area contributed by atoms with Crippen LogP contribution in [-0.4, -0.2) is 97.1 Å². The molecule has 4 heterocycles. The van der Waals surface area contributed by atoms with Gasteiger partial charge in [0.15, 0.2) is 17.2 Å². The van der Waals surface area contributed by atoms with Crippen LogP contribution in [0.3, 0.4) is 0 Å². The number of phenolic OH excluding ortho intramolecular Hbond substituents is 1. The van der Waals surface area contributed by atoms with Crippen LogP contribution in [-0.2, 0) is 0 Å². The number of hydrogen-bond donors (Lipinski definition) is 3. The van der Waals surface area contributed by atoms with Crippen molar-refractivity contribution in [3.63, 3.8) is 0 Å². The predicted molar refractivity (Wildman–Crippen MR) is 175 cm³/mol. The second-order valence-electron chi connectivity index (χ2n) is 11.7. The maximum absolute atomic E-state index is 15.2. The first-order chi connectivity index (χ1) is 21.4. The molecule has 230 valence electrons. The molecular weight excluding hydrogens is 613 g/mol. The Morgan fingerprint density at radius 2 is 1.80 bits per heavy atom. The Morgan fingerprint density at radius 1 is 1.13 bits per heavy atom. The Bertz CT molecular complexity index is 1890. The normalized spacial score (nSPS) is 17.5. The largest absolute Gasteiger partial charge is 0.504 e. The molecule has 1 aliphatic rings. The highest BCUT2D eigenvalue weighted by Crippen LogP contribution is 2.41. The number of anilines is 1. The number of piperazine rings is 1. The standard InChI is InChI=1S/C29H27B4ClF2N6O4/c1-12(2)21-23(19(7-8-37-21)46-29(32,33)28(30,31)45)42-26-15(25(40-27(42)44)41-11-13(3)38-10-14(41)4)9-16(34)22(39-26)20-17(35)5-6-18(36)24(20)43/h5-9,12-14,38,43,45H,10-11H2,1-4H3/t13-,14?/m1/s1. The number of nitrogens with zero attached hydrogens (tertiary/aromatic N) is 5. The van der Waals surface area contributed by atoms with Crippen molar-refractivity contribution in [3.05, 3.63) is 63.3 Å². The van der Waals surface area contributed by atoms with Crippen LogP contribution in [0.2, 0.25) is 5.02 Å². The van der Waals surface area contributed by atoms with Crippen LogP contribution >= 0.6 is 11.6 Å². The molecule has 3 N–H and O–H groups in total. The predicted octanol–water partition coefficient (Wildman–Crippen LogP) is 2.14. The second-order valence-corrected chi connectivity index (χ2v) is 12.1. The summed E-state index contributed by atoms with van der Waals surface area (Å²) in [7, 11) is 23.0. The lowest BCUT2D eigenvalue weighted by Gasteiger charge is -2.41. The van der Waals surface area contributed by atoms with Crippen molar-refractivity contribution in [1.82, 2.24) is 24.8 Å². The third-order valence-electron chi connectivity index (χ3n) is 7.74. The van der Waals surface area contributed by atoms with Gasteiger partial charge in [0.1, 0.15) is 54.5 Å². The number of phenols is 1. The third kappa shape index (κ3) is 5.98. The van der Waals surface area contributed by atoms with Gasteiger partial charge >= 0.3 is 5.69 Å². The number of fused-ring (bicyclic) bond motifs is 1. The average molecular weight is 640 g/mol. The van der Waals surface area contributed by atoms with Crippen molar-refractivity contribution in [2.45, 2.75) is 56.5 Å². The van der Waals surface area contributed by atoms with E-state index in [0.717, 1.165) is 16.7 Å². The summed E-state index contributed by atoms with van der Waals surface area (Å²) >= 11 is 6.66. The molecule has 1 aromatic carbocycles. The minimum atomic E-state index is -2.75. The summed E-state index contributed by atoms with van der Waals surface area (Å²) in [4.78, 5) is 29.6. The van der Waals surface area contributed by atoms with E-state index < -0.39 is 39.4 Å². The van der Waals surface area contributed by atoms with Crippen LogP contribution in [0.15, 0.2) is 35.3 Å². The first-order valence-corrected chi connectivity index (χ1v) is 14.7. The van der Waals surface area contributed by atoms with Crippen molar-refractivity contribution < 1.29 is 23.7 Å². The molecule has 10 nitrogen and oxygen atoms in total. The molecule has 0 spiro atoms. The molecule has 8 radical (unpaired) electrons. The lowest BCUT2D eigenvalue weighted by atomic mass is 9.42. The molecule has 46 heavy (non-hydrogen) atoms. The third-order valence-corrected chi connectivity index (χ3v) is 8.03. The zero-order valence-corrected chi connectivity index (χ0v) is 26.2. The molecule has 1 unspecified atom stereocenters. The van der Waals surface area contributed by atoms with Crippen LogP contribution in [0.5, 0.6) is 11.5 Å². The van der Waals surface area contributed by atoms with Crippen LogP contribution < -0.4 is 20.6 Å². The average Bonchev–Trinajstić information content (AvgIpc) is 2.96. The quantitative estimate of drug-likeness (QED) is 0.261. The fourth-order valence-corrected chi connectivity index (χ4v) is 5.48. The van der Waals surface area contributed by atoms with E-state index in [-0.39, 0.29) is 62.7 Å². The highest BCUT2D eigenvalue weighted by molar-refractivity contribution is 6.53. The zero-order chi connectivity index (χ0) is 33.9. The van der Waals surface area contributed by atoms with Crippen molar-refractivity contribution in [3.8, 4) is 28.4 Å². The number of ether oxygens (including phenoxy) is 1. The number of nitrogens with one attached hydrogen (secondary N) is 1. The molecular formula is C29H27B4ClF2N6O4. The maximum atomic E-state index is 15.2. The van der Waals surface area contributed by atoms with Crippen LogP contribution in [0.1, 0.15) is 39.3 Å². The van der Waals surface area contributed by atoms with Gasteiger partial charge in [0.25, 0.3) is 0 Å². The minimum Gasteiger partial charge on any atom is -0.504 e. The Morgan fingerprint density at radius 3 is 2.46 bits per heavy atom. The highest BCUT2D eigenvalue weighted by Gasteiger charge is 2.37. The summed E-state index contributed by atoms with van der Waals surface area (Å²) in [5, 5.41) is 18.9. The lowest BCUT2D eigenvalue weighted by Crippen LogP contribution is -2.60. The van der Waals surface area contributed by atoms with Gasteiger partial charge in [-0.2, -0.15) is 4.98 Å². The van der Waals surface area contributed by atoms with Gasteiger partial charge in [-0.15, -0.1) is 0 Å². The molecule has 17 heteroatoms. The van der Waals surface area contributed by atoms with E-state index in [2.05, 4.69) is 20.3 Å². The van der Waals surface area contributed by atoms with Gasteiger partial charge in [-0.05, 0) is 38.0 Å². The monoisotopic (exact) mass is 640 g/mol. The van der Waals surface area contributed by atoms with Gasteiger partial charge in [-0.3, -0.25) is 4.98 Å². The molecule has 1 saturated heterocycles. The molecule has 0 amide bonds. The van der Waals surface area contributed by atoms with Crippen molar-refractivity contribution in [1.29, 1.82) is 0 Å². The van der Waals surface area contributed by atoms with Crippen LogP contribution in [0.25, 0.3) is 28.0 Å². The Kier molecular flexibility index (Phi) is 8.95. The molecule has 4 aromatic rings. The van der Waals surface area contributed by atoms with E-state index in [9.17, 15) is 19.4 Å². The first kappa shape index (κ1) is 33.7. The lowest BCUT2D eigenvalue weighted by molar-refractivity contribution is 0.0811. The number of halogens is 3. The number of aromatic hydroxyl groups is 1. The Hall–Kier alpha value is -3.61. The SMILES string of the molecule is [B]C([B])(O)C([B])([B])Oc1ccnc(C(C)C)c1-n1c(=O)nc(N2C[C@@H](C)NCC2C)c2cc(Cl)c(-c3c(F)ccc(F)c3O)nc21. The van der Waals surface area contributed by atoms with Crippen molar-refractivity contribution in [2.75, 3.05) is 18.0 Å². The summed E-state index contributed by atoms with van der Waals surface area (Å²) < 4.78 is 36.4. The van der Waals surface area contributed by atoms with Gasteiger partial charge in [0.2, 0.25) is 0 Å². The Labute approximate surface area is 274 Å². The summed E-state index contributed by atoms with van der Waals surface area (Å²) in [5.41, 5.74) is -1.78. The summed E-state index contributed by atoms with van der Waals surface area (Å²) in [6.07, 6.45) is 1.35. The fraction of sp³-hybridized carbons (Fsp3) is 0.379. The fourth-order valence-electron chi connectivity index (χ4n) is 5.23. The number of hydrogen-bond acceptors (Lipinski definition) is 9. The Balaban J connectivity index is 1.93.